The van der Waals surface area contributed by atoms with E-state index < -0.39 is 0 Å². The van der Waals surface area contributed by atoms with Gasteiger partial charge in [0, 0.05) is 18.3 Å². The molecule has 0 saturated carbocycles. The molecular formula is C11H10FN. The second kappa shape index (κ2) is 3.52. The van der Waals surface area contributed by atoms with E-state index in [1.165, 1.54) is 12.1 Å². The average molecular weight is 175 g/mol. The van der Waals surface area contributed by atoms with Crippen LogP contribution in [0.4, 0.5) is 4.39 Å². The molecular weight excluding hydrogens is 165 g/mol. The van der Waals surface area contributed by atoms with Gasteiger partial charge < -0.3 is 0 Å². The van der Waals surface area contributed by atoms with E-state index in [1.807, 2.05) is 24.4 Å². The van der Waals surface area contributed by atoms with E-state index in [-0.39, 0.29) is 5.82 Å². The number of benzene rings is 1. The van der Waals surface area contributed by atoms with Gasteiger partial charge in [-0.15, -0.1) is 0 Å². The predicted molar refractivity (Wildman–Crippen MR) is 51.2 cm³/mol. The van der Waals surface area contributed by atoms with Crippen molar-refractivity contribution in [2.45, 2.75) is 6.42 Å². The van der Waals surface area contributed by atoms with Crippen molar-refractivity contribution in [1.82, 2.24) is 0 Å². The van der Waals surface area contributed by atoms with Crippen LogP contribution in [0.25, 0.3) is 0 Å². The molecule has 2 rings (SSSR count). The molecule has 0 spiro atoms. The van der Waals surface area contributed by atoms with Crippen LogP contribution in [0.2, 0.25) is 0 Å². The number of halogens is 1. The zero-order valence-electron chi connectivity index (χ0n) is 7.15. The summed E-state index contributed by atoms with van der Waals surface area (Å²) >= 11 is 0. The van der Waals surface area contributed by atoms with Gasteiger partial charge in [0.2, 0.25) is 0 Å². The molecule has 0 fully saturated rings. The topological polar surface area (TPSA) is 12.4 Å². The summed E-state index contributed by atoms with van der Waals surface area (Å²) in [5.41, 5.74) is 1.14. The molecule has 0 N–H and O–H groups in total. The van der Waals surface area contributed by atoms with Gasteiger partial charge in [-0.1, -0.05) is 18.2 Å². The van der Waals surface area contributed by atoms with Gasteiger partial charge in [-0.05, 0) is 24.1 Å². The fourth-order valence-electron chi connectivity index (χ4n) is 1.38. The standard InChI is InChI=1S/C11H10FN/c12-11-3-1-9(2-4-11)7-10-5-6-13-8-10/h1-6,8,10H,7H2. The van der Waals surface area contributed by atoms with Crippen LogP contribution < -0.4 is 0 Å². The van der Waals surface area contributed by atoms with Crippen LogP contribution in [0.1, 0.15) is 5.56 Å². The molecule has 0 aromatic heterocycles. The zero-order chi connectivity index (χ0) is 9.10. The molecule has 1 aliphatic heterocycles. The molecule has 1 aliphatic rings. The lowest BCUT2D eigenvalue weighted by Gasteiger charge is -2.03. The Morgan fingerprint density at radius 2 is 2.00 bits per heavy atom. The summed E-state index contributed by atoms with van der Waals surface area (Å²) in [6, 6.07) is 6.61. The molecule has 1 heterocycles. The Hall–Kier alpha value is -1.44. The Bertz CT molecular complexity index is 326. The number of hydrogen-bond acceptors (Lipinski definition) is 1. The second-order valence-electron chi connectivity index (χ2n) is 3.13. The van der Waals surface area contributed by atoms with Gasteiger partial charge in [-0.25, -0.2) is 4.39 Å². The van der Waals surface area contributed by atoms with Crippen molar-refractivity contribution in [1.29, 1.82) is 0 Å². The maximum Gasteiger partial charge on any atom is 0.123 e. The van der Waals surface area contributed by atoms with E-state index in [0.717, 1.165) is 12.0 Å². The molecule has 0 aliphatic carbocycles. The summed E-state index contributed by atoms with van der Waals surface area (Å²) in [6.45, 7) is 0. The maximum absolute atomic E-state index is 12.6. The summed E-state index contributed by atoms with van der Waals surface area (Å²) in [5, 5.41) is 0. The third kappa shape index (κ3) is 2.02. The highest BCUT2D eigenvalue weighted by Crippen LogP contribution is 2.12. The molecule has 0 radical (unpaired) electrons. The first-order valence-electron chi connectivity index (χ1n) is 4.29. The van der Waals surface area contributed by atoms with E-state index in [2.05, 4.69) is 4.99 Å². The van der Waals surface area contributed by atoms with Crippen molar-refractivity contribution in [2.24, 2.45) is 10.9 Å². The van der Waals surface area contributed by atoms with Gasteiger partial charge in [-0.2, -0.15) is 0 Å². The third-order valence-electron chi connectivity index (χ3n) is 2.08. The normalized spacial score (nSPS) is 19.6. The smallest absolute Gasteiger partial charge is 0.123 e. The Kier molecular flexibility index (Phi) is 2.21. The summed E-state index contributed by atoms with van der Waals surface area (Å²) in [4.78, 5) is 4.00. The minimum atomic E-state index is -0.181. The van der Waals surface area contributed by atoms with Gasteiger partial charge >= 0.3 is 0 Å². The quantitative estimate of drug-likeness (QED) is 0.655. The van der Waals surface area contributed by atoms with Gasteiger partial charge in [-0.3, -0.25) is 4.99 Å². The minimum absolute atomic E-state index is 0.181. The first-order valence-corrected chi connectivity index (χ1v) is 4.29. The molecule has 0 bridgehead atoms. The highest BCUT2D eigenvalue weighted by Gasteiger charge is 2.05. The van der Waals surface area contributed by atoms with E-state index in [9.17, 15) is 4.39 Å². The molecule has 0 saturated heterocycles. The number of nitrogens with zero attached hydrogens (tertiary/aromatic N) is 1. The van der Waals surface area contributed by atoms with Crippen LogP contribution in [-0.4, -0.2) is 6.21 Å². The van der Waals surface area contributed by atoms with Crippen LogP contribution in [0.15, 0.2) is 41.5 Å². The number of hydrogen-bond donors (Lipinski definition) is 0. The van der Waals surface area contributed by atoms with Crippen molar-refractivity contribution < 1.29 is 4.39 Å². The summed E-state index contributed by atoms with van der Waals surface area (Å²) < 4.78 is 12.6. The lowest BCUT2D eigenvalue weighted by molar-refractivity contribution is 0.626. The van der Waals surface area contributed by atoms with Gasteiger partial charge in [0.05, 0.1) is 0 Å². The third-order valence-corrected chi connectivity index (χ3v) is 2.08. The lowest BCUT2D eigenvalue weighted by Crippen LogP contribution is -1.99. The molecule has 1 aromatic carbocycles. The molecule has 13 heavy (non-hydrogen) atoms. The van der Waals surface area contributed by atoms with E-state index in [4.69, 9.17) is 0 Å². The highest BCUT2D eigenvalue weighted by atomic mass is 19.1. The molecule has 2 heteroatoms. The fourth-order valence-corrected chi connectivity index (χ4v) is 1.38. The number of aliphatic imine (C=N–C) groups is 1. The van der Waals surface area contributed by atoms with Crippen molar-refractivity contribution in [3.63, 3.8) is 0 Å². The van der Waals surface area contributed by atoms with E-state index in [1.54, 1.807) is 6.20 Å². The van der Waals surface area contributed by atoms with Crippen LogP contribution >= 0.6 is 0 Å². The molecule has 1 nitrogen and oxygen atoms in total. The SMILES string of the molecule is Fc1ccc(CC2C=CN=C2)cc1. The Balaban J connectivity index is 2.05. The van der Waals surface area contributed by atoms with E-state index in [0.29, 0.717) is 5.92 Å². The first-order chi connectivity index (χ1) is 6.34. The molecule has 0 amide bonds. The maximum atomic E-state index is 12.6. The second-order valence-corrected chi connectivity index (χ2v) is 3.13. The van der Waals surface area contributed by atoms with Gasteiger partial charge in [0.25, 0.3) is 0 Å². The Morgan fingerprint density at radius 1 is 1.23 bits per heavy atom. The van der Waals surface area contributed by atoms with E-state index >= 15 is 0 Å². The van der Waals surface area contributed by atoms with Gasteiger partial charge in [0.1, 0.15) is 5.82 Å². The van der Waals surface area contributed by atoms with Crippen molar-refractivity contribution in [3.05, 3.63) is 47.9 Å². The summed E-state index contributed by atoms with van der Waals surface area (Å²) in [5.74, 6) is 0.199. The summed E-state index contributed by atoms with van der Waals surface area (Å²) in [7, 11) is 0. The monoisotopic (exact) mass is 175 g/mol. The largest absolute Gasteiger partial charge is 0.269 e. The lowest BCUT2D eigenvalue weighted by atomic mass is 10.0. The van der Waals surface area contributed by atoms with Gasteiger partial charge in [0.15, 0.2) is 0 Å². The number of allylic oxidation sites excluding steroid dienone is 1. The minimum Gasteiger partial charge on any atom is -0.269 e. The Labute approximate surface area is 76.6 Å². The zero-order valence-corrected chi connectivity index (χ0v) is 7.15. The fraction of sp³-hybridized carbons (Fsp3) is 0.182. The number of rotatable bonds is 2. The molecule has 1 unspecified atom stereocenters. The van der Waals surface area contributed by atoms with Crippen LogP contribution in [-0.2, 0) is 6.42 Å². The molecule has 66 valence electrons. The summed E-state index contributed by atoms with van der Waals surface area (Å²) in [6.07, 6.45) is 6.65. The Morgan fingerprint density at radius 3 is 2.62 bits per heavy atom. The average Bonchev–Trinajstić information content (AvgIpc) is 2.62. The predicted octanol–water partition coefficient (Wildman–Crippen LogP) is 2.58. The molecule has 1 aromatic rings. The van der Waals surface area contributed by atoms with Crippen molar-refractivity contribution in [2.75, 3.05) is 0 Å². The van der Waals surface area contributed by atoms with Crippen LogP contribution in [0.3, 0.4) is 0 Å². The van der Waals surface area contributed by atoms with Crippen molar-refractivity contribution in [3.8, 4) is 0 Å². The van der Waals surface area contributed by atoms with Crippen molar-refractivity contribution >= 4 is 6.21 Å². The van der Waals surface area contributed by atoms with Crippen LogP contribution in [0, 0.1) is 11.7 Å². The molecule has 1 atom stereocenters. The highest BCUT2D eigenvalue weighted by molar-refractivity contribution is 5.67. The van der Waals surface area contributed by atoms with Crippen LogP contribution in [0.5, 0.6) is 0 Å². The first kappa shape index (κ1) is 8.17.